The summed E-state index contributed by atoms with van der Waals surface area (Å²) in [6.45, 7) is 6.29. The van der Waals surface area contributed by atoms with Crippen molar-refractivity contribution in [2.45, 2.75) is 26.7 Å². The van der Waals surface area contributed by atoms with Crippen LogP contribution in [0.5, 0.6) is 0 Å². The minimum atomic E-state index is 0.537. The lowest BCUT2D eigenvalue weighted by molar-refractivity contribution is -0.299. The lowest BCUT2D eigenvalue weighted by Gasteiger charge is -1.96. The van der Waals surface area contributed by atoms with Gasteiger partial charge >= 0.3 is 0 Å². The average Bonchev–Trinajstić information content (AvgIpc) is 2.14. The smallest absolute Gasteiger partial charge is 0.214 e. The maximum atomic E-state index is 5.78. The van der Waals surface area contributed by atoms with Gasteiger partial charge in [0, 0.05) is 6.92 Å². The molecule has 1 rings (SSSR count). The molecule has 0 fully saturated rings. The first-order chi connectivity index (χ1) is 4.63. The number of aromatic amines is 1. The topological polar surface area (TPSA) is 40.2 Å². The SMILES string of the molecule is Cc1[nH+]sc(C(C)C)c1N. The van der Waals surface area contributed by atoms with Crippen LogP contribution in [0.3, 0.4) is 0 Å². The molecule has 0 aliphatic heterocycles. The molecule has 1 aromatic heterocycles. The molecule has 0 saturated carbocycles. The average molecular weight is 157 g/mol. The van der Waals surface area contributed by atoms with E-state index in [9.17, 15) is 0 Å². The van der Waals surface area contributed by atoms with Crippen LogP contribution in [0.1, 0.15) is 30.3 Å². The second-order valence-electron chi connectivity index (χ2n) is 2.76. The number of nitrogens with one attached hydrogen (secondary N) is 1. The molecule has 0 aromatic carbocycles. The Kier molecular flexibility index (Phi) is 1.94. The first-order valence-corrected chi connectivity index (χ1v) is 4.21. The number of nitrogens with two attached hydrogens (primary N) is 1. The van der Waals surface area contributed by atoms with Crippen LogP contribution in [-0.2, 0) is 0 Å². The number of hydrogen-bond acceptors (Lipinski definition) is 2. The van der Waals surface area contributed by atoms with E-state index >= 15 is 0 Å². The normalized spacial score (nSPS) is 10.8. The molecule has 0 bridgehead atoms. The second-order valence-corrected chi connectivity index (χ2v) is 3.61. The molecule has 0 amide bonds. The van der Waals surface area contributed by atoms with Gasteiger partial charge in [0.25, 0.3) is 0 Å². The van der Waals surface area contributed by atoms with Crippen molar-refractivity contribution in [3.05, 3.63) is 10.6 Å². The Morgan fingerprint density at radius 3 is 2.30 bits per heavy atom. The Morgan fingerprint density at radius 2 is 2.10 bits per heavy atom. The van der Waals surface area contributed by atoms with Crippen molar-refractivity contribution in [3.63, 3.8) is 0 Å². The van der Waals surface area contributed by atoms with E-state index in [1.807, 2.05) is 6.92 Å². The Labute approximate surface area is 65.2 Å². The number of nitrogen functional groups attached to an aromatic ring is 1. The van der Waals surface area contributed by atoms with Gasteiger partial charge in [0.15, 0.2) is 0 Å². The standard InChI is InChI=1S/C7H12N2S/c1-4(2)7-6(8)5(3)9-10-7/h4H,8H2,1-3H3/p+1. The van der Waals surface area contributed by atoms with E-state index in [1.54, 1.807) is 11.5 Å². The van der Waals surface area contributed by atoms with Gasteiger partial charge in [0.1, 0.15) is 22.1 Å². The zero-order valence-electron chi connectivity index (χ0n) is 6.56. The number of hydrogen-bond donors (Lipinski definition) is 1. The number of aryl methyl sites for hydroxylation is 1. The second kappa shape index (κ2) is 2.58. The minimum Gasteiger partial charge on any atom is -0.393 e. The molecular weight excluding hydrogens is 144 g/mol. The molecule has 0 saturated heterocycles. The van der Waals surface area contributed by atoms with E-state index in [1.165, 1.54) is 4.88 Å². The van der Waals surface area contributed by atoms with Crippen LogP contribution in [0.25, 0.3) is 0 Å². The molecule has 10 heavy (non-hydrogen) atoms. The summed E-state index contributed by atoms with van der Waals surface area (Å²) < 4.78 is 3.13. The molecule has 3 heteroatoms. The zero-order valence-corrected chi connectivity index (χ0v) is 7.38. The largest absolute Gasteiger partial charge is 0.393 e. The summed E-state index contributed by atoms with van der Waals surface area (Å²) in [6.07, 6.45) is 0. The molecule has 56 valence electrons. The van der Waals surface area contributed by atoms with Crippen molar-refractivity contribution in [1.82, 2.24) is 0 Å². The number of H-pyrrole nitrogens is 1. The molecule has 0 spiro atoms. The maximum Gasteiger partial charge on any atom is 0.214 e. The summed E-state index contributed by atoms with van der Waals surface area (Å²) in [5.74, 6) is 0.537. The molecule has 1 heterocycles. The summed E-state index contributed by atoms with van der Waals surface area (Å²) in [4.78, 5) is 1.26. The third-order valence-electron chi connectivity index (χ3n) is 1.51. The predicted octanol–water partition coefficient (Wildman–Crippen LogP) is 1.58. The Morgan fingerprint density at radius 1 is 1.50 bits per heavy atom. The van der Waals surface area contributed by atoms with Gasteiger partial charge in [-0.15, -0.1) is 0 Å². The van der Waals surface area contributed by atoms with E-state index in [-0.39, 0.29) is 0 Å². The van der Waals surface area contributed by atoms with Crippen LogP contribution in [0, 0.1) is 6.92 Å². The van der Waals surface area contributed by atoms with Crippen LogP contribution < -0.4 is 10.1 Å². The maximum absolute atomic E-state index is 5.78. The van der Waals surface area contributed by atoms with E-state index in [4.69, 9.17) is 5.73 Å². The highest BCUT2D eigenvalue weighted by Gasteiger charge is 2.15. The van der Waals surface area contributed by atoms with Crippen molar-refractivity contribution < 1.29 is 4.37 Å². The van der Waals surface area contributed by atoms with Crippen molar-refractivity contribution in [2.24, 2.45) is 0 Å². The quantitative estimate of drug-likeness (QED) is 0.660. The molecule has 0 unspecified atom stereocenters. The Balaban J connectivity index is 3.05. The van der Waals surface area contributed by atoms with Gasteiger partial charge in [-0.05, 0) is 5.92 Å². The number of anilines is 1. The monoisotopic (exact) mass is 157 g/mol. The van der Waals surface area contributed by atoms with Crippen LogP contribution in [0.4, 0.5) is 5.69 Å². The lowest BCUT2D eigenvalue weighted by Crippen LogP contribution is -1.98. The van der Waals surface area contributed by atoms with Gasteiger partial charge in [-0.2, -0.15) is 4.37 Å². The van der Waals surface area contributed by atoms with E-state index in [2.05, 4.69) is 18.2 Å². The van der Waals surface area contributed by atoms with Crippen LogP contribution in [-0.4, -0.2) is 0 Å². The fraction of sp³-hybridized carbons (Fsp3) is 0.571. The van der Waals surface area contributed by atoms with Crippen molar-refractivity contribution in [3.8, 4) is 0 Å². The van der Waals surface area contributed by atoms with Crippen molar-refractivity contribution >= 4 is 17.2 Å². The summed E-state index contributed by atoms with van der Waals surface area (Å²) in [5, 5.41) is 0. The molecule has 2 nitrogen and oxygen atoms in total. The molecule has 0 atom stereocenters. The summed E-state index contributed by atoms with van der Waals surface area (Å²) in [7, 11) is 0. The van der Waals surface area contributed by atoms with E-state index in [0.29, 0.717) is 5.92 Å². The third-order valence-corrected chi connectivity index (χ3v) is 2.83. The van der Waals surface area contributed by atoms with Gasteiger partial charge in [-0.25, -0.2) is 0 Å². The molecular formula is C7H13N2S+. The zero-order chi connectivity index (χ0) is 7.72. The van der Waals surface area contributed by atoms with Gasteiger partial charge in [0.05, 0.1) is 0 Å². The number of aromatic nitrogens is 1. The molecule has 0 aliphatic carbocycles. The van der Waals surface area contributed by atoms with E-state index in [0.717, 1.165) is 11.4 Å². The molecule has 0 radical (unpaired) electrons. The Hall–Kier alpha value is -0.570. The van der Waals surface area contributed by atoms with Crippen LogP contribution >= 0.6 is 11.5 Å². The Bertz CT molecular complexity index is 228. The fourth-order valence-corrected chi connectivity index (χ4v) is 1.73. The van der Waals surface area contributed by atoms with Gasteiger partial charge in [-0.3, -0.25) is 0 Å². The van der Waals surface area contributed by atoms with Crippen molar-refractivity contribution in [1.29, 1.82) is 0 Å². The third kappa shape index (κ3) is 1.14. The summed E-state index contributed by atoms with van der Waals surface area (Å²) in [5.41, 5.74) is 7.80. The minimum absolute atomic E-state index is 0.537. The fourth-order valence-electron chi connectivity index (χ4n) is 0.855. The molecule has 0 aliphatic rings. The van der Waals surface area contributed by atoms with Gasteiger partial charge < -0.3 is 5.73 Å². The van der Waals surface area contributed by atoms with Gasteiger partial charge in [0.2, 0.25) is 5.69 Å². The summed E-state index contributed by atoms with van der Waals surface area (Å²) >= 11 is 1.63. The highest BCUT2D eigenvalue weighted by Crippen LogP contribution is 2.25. The van der Waals surface area contributed by atoms with Crippen LogP contribution in [0.15, 0.2) is 0 Å². The highest BCUT2D eigenvalue weighted by atomic mass is 32.1. The highest BCUT2D eigenvalue weighted by molar-refractivity contribution is 7.02. The first-order valence-electron chi connectivity index (χ1n) is 3.39. The van der Waals surface area contributed by atoms with Crippen molar-refractivity contribution in [2.75, 3.05) is 5.73 Å². The lowest BCUT2D eigenvalue weighted by atomic mass is 10.1. The van der Waals surface area contributed by atoms with Gasteiger partial charge in [-0.1, -0.05) is 13.8 Å². The van der Waals surface area contributed by atoms with E-state index < -0.39 is 0 Å². The predicted molar refractivity (Wildman–Crippen MR) is 44.1 cm³/mol. The number of rotatable bonds is 1. The molecule has 3 N–H and O–H groups in total. The first kappa shape index (κ1) is 7.54. The summed E-state index contributed by atoms with van der Waals surface area (Å²) in [6, 6.07) is 0. The van der Waals surface area contributed by atoms with Crippen LogP contribution in [0.2, 0.25) is 0 Å². The molecule has 1 aromatic rings.